The van der Waals surface area contributed by atoms with E-state index in [9.17, 15) is 4.39 Å². The van der Waals surface area contributed by atoms with Crippen molar-refractivity contribution in [3.05, 3.63) is 53.8 Å². The summed E-state index contributed by atoms with van der Waals surface area (Å²) in [5, 5.41) is 3.37. The summed E-state index contributed by atoms with van der Waals surface area (Å²) < 4.78 is 19.2. The van der Waals surface area contributed by atoms with E-state index in [1.165, 1.54) is 11.6 Å². The van der Waals surface area contributed by atoms with Gasteiger partial charge < -0.3 is 10.1 Å². The summed E-state index contributed by atoms with van der Waals surface area (Å²) in [4.78, 5) is 0. The van der Waals surface area contributed by atoms with Crippen LogP contribution in [0.25, 0.3) is 11.1 Å². The fraction of sp³-hybridized carbons (Fsp3) is 0.294. The third-order valence-corrected chi connectivity index (χ3v) is 4.13. The summed E-state index contributed by atoms with van der Waals surface area (Å²) in [6.07, 6.45) is 2.26. The van der Waals surface area contributed by atoms with Crippen molar-refractivity contribution in [2.75, 3.05) is 14.2 Å². The predicted octanol–water partition coefficient (Wildman–Crippen LogP) is 3.71. The normalized spacial score (nSPS) is 15.9. The second kappa shape index (κ2) is 4.91. The fourth-order valence-electron chi connectivity index (χ4n) is 2.64. The van der Waals surface area contributed by atoms with Crippen LogP contribution in [0.2, 0.25) is 0 Å². The molecule has 2 aromatic rings. The van der Waals surface area contributed by atoms with Gasteiger partial charge in [-0.3, -0.25) is 0 Å². The number of hydrogen-bond acceptors (Lipinski definition) is 2. The molecule has 1 aliphatic carbocycles. The Labute approximate surface area is 118 Å². The molecule has 0 aromatic heterocycles. The van der Waals surface area contributed by atoms with E-state index < -0.39 is 0 Å². The Morgan fingerprint density at radius 1 is 1.15 bits per heavy atom. The Balaban J connectivity index is 2.05. The molecular formula is C17H18FNO. The van der Waals surface area contributed by atoms with E-state index in [0.717, 1.165) is 18.4 Å². The highest BCUT2D eigenvalue weighted by atomic mass is 19.1. The maximum atomic E-state index is 14.0. The van der Waals surface area contributed by atoms with Gasteiger partial charge in [-0.1, -0.05) is 18.2 Å². The Morgan fingerprint density at radius 3 is 2.60 bits per heavy atom. The van der Waals surface area contributed by atoms with Crippen LogP contribution in [-0.4, -0.2) is 14.2 Å². The summed E-state index contributed by atoms with van der Waals surface area (Å²) in [6.45, 7) is 0. The molecule has 1 saturated carbocycles. The maximum absolute atomic E-state index is 14.0. The average Bonchev–Trinajstić information content (AvgIpc) is 3.29. The van der Waals surface area contributed by atoms with Crippen LogP contribution in [0.15, 0.2) is 42.5 Å². The molecule has 0 radical (unpaired) electrons. The van der Waals surface area contributed by atoms with Crippen molar-refractivity contribution in [2.24, 2.45) is 0 Å². The minimum atomic E-state index is -0.225. The molecule has 0 heterocycles. The maximum Gasteiger partial charge on any atom is 0.131 e. The number of benzene rings is 2. The van der Waals surface area contributed by atoms with E-state index in [-0.39, 0.29) is 11.4 Å². The van der Waals surface area contributed by atoms with E-state index in [1.807, 2.05) is 19.2 Å². The molecule has 20 heavy (non-hydrogen) atoms. The first-order chi connectivity index (χ1) is 9.68. The Kier molecular flexibility index (Phi) is 3.22. The van der Waals surface area contributed by atoms with Crippen molar-refractivity contribution < 1.29 is 9.13 Å². The fourth-order valence-corrected chi connectivity index (χ4v) is 2.64. The highest BCUT2D eigenvalue weighted by Gasteiger charge is 2.42. The standard InChI is InChI=1S/C17H18FNO/c1-19-17(8-9-17)13-5-3-4-12(10-13)15-11-14(20-2)6-7-16(15)18/h3-7,10-11,19H,8-9H2,1-2H3. The van der Waals surface area contributed by atoms with Gasteiger partial charge in [-0.05, 0) is 55.3 Å². The van der Waals surface area contributed by atoms with Gasteiger partial charge in [0, 0.05) is 11.1 Å². The van der Waals surface area contributed by atoms with Gasteiger partial charge >= 0.3 is 0 Å². The lowest BCUT2D eigenvalue weighted by molar-refractivity contribution is 0.414. The molecule has 2 aromatic carbocycles. The SMILES string of the molecule is CNC1(c2cccc(-c3cc(OC)ccc3F)c2)CC1. The van der Waals surface area contributed by atoms with Crippen LogP contribution in [-0.2, 0) is 5.54 Å². The van der Waals surface area contributed by atoms with Gasteiger partial charge in [0.15, 0.2) is 0 Å². The zero-order valence-corrected chi connectivity index (χ0v) is 11.7. The van der Waals surface area contributed by atoms with E-state index >= 15 is 0 Å². The third-order valence-electron chi connectivity index (χ3n) is 4.13. The van der Waals surface area contributed by atoms with Crippen molar-refractivity contribution in [1.29, 1.82) is 0 Å². The monoisotopic (exact) mass is 271 g/mol. The number of rotatable bonds is 4. The lowest BCUT2D eigenvalue weighted by Crippen LogP contribution is -2.24. The molecule has 1 N–H and O–H groups in total. The molecule has 0 amide bonds. The minimum Gasteiger partial charge on any atom is -0.497 e. The summed E-state index contributed by atoms with van der Waals surface area (Å²) in [6, 6.07) is 12.9. The van der Waals surface area contributed by atoms with E-state index in [4.69, 9.17) is 4.74 Å². The van der Waals surface area contributed by atoms with Crippen LogP contribution in [0.3, 0.4) is 0 Å². The van der Waals surface area contributed by atoms with Crippen LogP contribution >= 0.6 is 0 Å². The second-order valence-electron chi connectivity index (χ2n) is 5.26. The van der Waals surface area contributed by atoms with E-state index in [2.05, 4.69) is 17.4 Å². The number of halogens is 1. The first-order valence-electron chi connectivity index (χ1n) is 6.82. The Hall–Kier alpha value is -1.87. The van der Waals surface area contributed by atoms with Crippen molar-refractivity contribution in [2.45, 2.75) is 18.4 Å². The van der Waals surface area contributed by atoms with Gasteiger partial charge in [0.25, 0.3) is 0 Å². The smallest absolute Gasteiger partial charge is 0.131 e. The average molecular weight is 271 g/mol. The molecule has 3 heteroatoms. The summed E-state index contributed by atoms with van der Waals surface area (Å²) in [7, 11) is 3.57. The minimum absolute atomic E-state index is 0.0886. The van der Waals surface area contributed by atoms with Crippen molar-refractivity contribution >= 4 is 0 Å². The zero-order valence-electron chi connectivity index (χ0n) is 11.7. The third kappa shape index (κ3) is 2.18. The van der Waals surface area contributed by atoms with Crippen molar-refractivity contribution in [1.82, 2.24) is 5.32 Å². The topological polar surface area (TPSA) is 21.3 Å². The largest absolute Gasteiger partial charge is 0.497 e. The molecule has 104 valence electrons. The molecule has 0 atom stereocenters. The highest BCUT2D eigenvalue weighted by molar-refractivity contribution is 5.67. The molecule has 2 nitrogen and oxygen atoms in total. The summed E-state index contributed by atoms with van der Waals surface area (Å²) in [5.41, 5.74) is 2.78. The number of hydrogen-bond donors (Lipinski definition) is 1. The molecule has 0 spiro atoms. The van der Waals surface area contributed by atoms with Gasteiger partial charge in [-0.2, -0.15) is 0 Å². The molecule has 0 saturated heterocycles. The number of nitrogens with one attached hydrogen (secondary N) is 1. The van der Waals surface area contributed by atoms with Crippen LogP contribution in [0.4, 0.5) is 4.39 Å². The number of methoxy groups -OCH3 is 1. The molecule has 0 unspecified atom stereocenters. The van der Waals surface area contributed by atoms with Crippen molar-refractivity contribution in [3.63, 3.8) is 0 Å². The molecule has 3 rings (SSSR count). The second-order valence-corrected chi connectivity index (χ2v) is 5.26. The van der Waals surface area contributed by atoms with Gasteiger partial charge in [-0.15, -0.1) is 0 Å². The Morgan fingerprint density at radius 2 is 1.95 bits per heavy atom. The van der Waals surface area contributed by atoms with Crippen LogP contribution in [0.5, 0.6) is 5.75 Å². The van der Waals surface area contributed by atoms with Crippen LogP contribution in [0.1, 0.15) is 18.4 Å². The quantitative estimate of drug-likeness (QED) is 0.915. The van der Waals surface area contributed by atoms with E-state index in [0.29, 0.717) is 11.3 Å². The highest BCUT2D eigenvalue weighted by Crippen LogP contribution is 2.46. The van der Waals surface area contributed by atoms with Gasteiger partial charge in [0.05, 0.1) is 7.11 Å². The first kappa shape index (κ1) is 13.1. The van der Waals surface area contributed by atoms with Crippen LogP contribution < -0.4 is 10.1 Å². The van der Waals surface area contributed by atoms with Gasteiger partial charge in [-0.25, -0.2) is 4.39 Å². The molecule has 1 fully saturated rings. The molecule has 0 bridgehead atoms. The zero-order chi connectivity index (χ0) is 14.2. The predicted molar refractivity (Wildman–Crippen MR) is 78.4 cm³/mol. The van der Waals surface area contributed by atoms with E-state index in [1.54, 1.807) is 19.2 Å². The Bertz CT molecular complexity index is 635. The number of ether oxygens (including phenoxy) is 1. The summed E-state index contributed by atoms with van der Waals surface area (Å²) >= 11 is 0. The van der Waals surface area contributed by atoms with Crippen LogP contribution in [0, 0.1) is 5.82 Å². The molecular weight excluding hydrogens is 253 g/mol. The van der Waals surface area contributed by atoms with Crippen molar-refractivity contribution in [3.8, 4) is 16.9 Å². The molecule has 1 aliphatic rings. The van der Waals surface area contributed by atoms with Gasteiger partial charge in [0.2, 0.25) is 0 Å². The lowest BCUT2D eigenvalue weighted by Gasteiger charge is -2.16. The first-order valence-corrected chi connectivity index (χ1v) is 6.82. The van der Waals surface area contributed by atoms with Gasteiger partial charge in [0.1, 0.15) is 11.6 Å². The lowest BCUT2D eigenvalue weighted by atomic mass is 9.98. The summed E-state index contributed by atoms with van der Waals surface area (Å²) in [5.74, 6) is 0.443. The molecule has 0 aliphatic heterocycles.